The minimum atomic E-state index is -0.126. The van der Waals surface area contributed by atoms with Gasteiger partial charge in [0.05, 0.1) is 12.5 Å². The Morgan fingerprint density at radius 2 is 2.00 bits per heavy atom. The highest BCUT2D eigenvalue weighted by atomic mass is 16.2. The monoisotopic (exact) mass is 331 g/mol. The van der Waals surface area contributed by atoms with Crippen molar-refractivity contribution in [2.24, 2.45) is 13.0 Å². The normalized spacial score (nSPS) is 25.5. The van der Waals surface area contributed by atoms with Gasteiger partial charge < -0.3 is 14.4 Å². The summed E-state index contributed by atoms with van der Waals surface area (Å²) in [6.07, 6.45) is 6.40. The fourth-order valence-electron chi connectivity index (χ4n) is 3.77. The molecule has 4 rings (SSSR count). The summed E-state index contributed by atoms with van der Waals surface area (Å²) in [7, 11) is 2.00. The molecule has 0 radical (unpaired) electrons. The summed E-state index contributed by atoms with van der Waals surface area (Å²) < 4.78 is 2.04. The predicted molar refractivity (Wildman–Crippen MR) is 87.9 cm³/mol. The van der Waals surface area contributed by atoms with Crippen molar-refractivity contribution in [2.45, 2.75) is 31.8 Å². The first-order valence-corrected chi connectivity index (χ1v) is 8.88. The van der Waals surface area contributed by atoms with E-state index in [2.05, 4.69) is 9.88 Å². The Labute approximate surface area is 142 Å². The number of nitrogens with zero attached hydrogens (tertiary/aromatic N) is 5. The first kappa shape index (κ1) is 15.6. The standard InChI is InChI=1S/C17H25N5O2/c1-19-5-4-18-15(19)12-20-6-8-21(9-7-20)17(24)13-10-16(23)22(11-13)14-2-3-14/h4-5,13-14H,2-3,6-12H2,1H3/t13-/m0/s1. The summed E-state index contributed by atoms with van der Waals surface area (Å²) in [6, 6.07) is 0.421. The number of carbonyl (C=O) groups is 2. The second-order valence-electron chi connectivity index (χ2n) is 7.23. The predicted octanol–water partition coefficient (Wildman–Crippen LogP) is 0.0752. The van der Waals surface area contributed by atoms with Crippen molar-refractivity contribution in [2.75, 3.05) is 32.7 Å². The quantitative estimate of drug-likeness (QED) is 0.784. The Balaban J connectivity index is 1.28. The number of amides is 2. The Bertz CT molecular complexity index is 631. The number of hydrogen-bond donors (Lipinski definition) is 0. The number of aryl methyl sites for hydroxylation is 1. The molecule has 3 fully saturated rings. The molecule has 0 unspecified atom stereocenters. The molecule has 7 heteroatoms. The molecule has 2 saturated heterocycles. The molecule has 2 amide bonds. The lowest BCUT2D eigenvalue weighted by Crippen LogP contribution is -2.50. The number of piperazine rings is 1. The molecule has 1 aromatic rings. The maximum absolute atomic E-state index is 12.7. The zero-order valence-electron chi connectivity index (χ0n) is 14.2. The van der Waals surface area contributed by atoms with Crippen LogP contribution in [0.2, 0.25) is 0 Å². The van der Waals surface area contributed by atoms with Crippen molar-refractivity contribution >= 4 is 11.8 Å². The van der Waals surface area contributed by atoms with Crippen molar-refractivity contribution < 1.29 is 9.59 Å². The first-order chi connectivity index (χ1) is 11.6. The van der Waals surface area contributed by atoms with Gasteiger partial charge >= 0.3 is 0 Å². The van der Waals surface area contributed by atoms with Crippen molar-refractivity contribution in [1.29, 1.82) is 0 Å². The van der Waals surface area contributed by atoms with E-state index >= 15 is 0 Å². The number of carbonyl (C=O) groups excluding carboxylic acids is 2. The van der Waals surface area contributed by atoms with Crippen molar-refractivity contribution in [3.63, 3.8) is 0 Å². The van der Waals surface area contributed by atoms with Crippen LogP contribution in [0, 0.1) is 5.92 Å². The van der Waals surface area contributed by atoms with Gasteiger partial charge in [0.1, 0.15) is 5.82 Å². The summed E-state index contributed by atoms with van der Waals surface area (Å²) in [4.78, 5) is 35.4. The lowest BCUT2D eigenvalue weighted by molar-refractivity contribution is -0.137. The van der Waals surface area contributed by atoms with E-state index in [0.717, 1.165) is 51.4 Å². The van der Waals surface area contributed by atoms with E-state index in [9.17, 15) is 9.59 Å². The molecule has 0 N–H and O–H groups in total. The molecule has 2 aliphatic heterocycles. The highest BCUT2D eigenvalue weighted by Gasteiger charge is 2.43. The number of hydrogen-bond acceptors (Lipinski definition) is 4. The lowest BCUT2D eigenvalue weighted by Gasteiger charge is -2.35. The van der Waals surface area contributed by atoms with Gasteiger partial charge in [-0.2, -0.15) is 0 Å². The van der Waals surface area contributed by atoms with Crippen LogP contribution in [0.1, 0.15) is 25.1 Å². The van der Waals surface area contributed by atoms with Crippen molar-refractivity contribution in [1.82, 2.24) is 24.3 Å². The molecule has 0 spiro atoms. The molecule has 130 valence electrons. The summed E-state index contributed by atoms with van der Waals surface area (Å²) in [5.41, 5.74) is 0. The van der Waals surface area contributed by atoms with Gasteiger partial charge in [0.25, 0.3) is 0 Å². The minimum Gasteiger partial charge on any atom is -0.340 e. The fourth-order valence-corrected chi connectivity index (χ4v) is 3.77. The molecule has 7 nitrogen and oxygen atoms in total. The van der Waals surface area contributed by atoms with Crippen LogP contribution in [-0.2, 0) is 23.2 Å². The maximum atomic E-state index is 12.7. The van der Waals surface area contributed by atoms with Crippen LogP contribution in [-0.4, -0.2) is 74.8 Å². The van der Waals surface area contributed by atoms with Gasteiger partial charge in [0, 0.05) is 64.6 Å². The number of aromatic nitrogens is 2. The van der Waals surface area contributed by atoms with E-state index in [1.54, 1.807) is 0 Å². The Morgan fingerprint density at radius 1 is 1.25 bits per heavy atom. The van der Waals surface area contributed by atoms with Crippen LogP contribution in [0.3, 0.4) is 0 Å². The van der Waals surface area contributed by atoms with E-state index < -0.39 is 0 Å². The molecular weight excluding hydrogens is 306 g/mol. The fraction of sp³-hybridized carbons (Fsp3) is 0.706. The SMILES string of the molecule is Cn1ccnc1CN1CCN(C(=O)[C@H]2CC(=O)N(C3CC3)C2)CC1. The van der Waals surface area contributed by atoms with Gasteiger partial charge in [-0.05, 0) is 12.8 Å². The van der Waals surface area contributed by atoms with E-state index in [1.807, 2.05) is 33.8 Å². The highest BCUT2D eigenvalue weighted by molar-refractivity contribution is 5.89. The summed E-state index contributed by atoms with van der Waals surface area (Å²) in [6.45, 7) is 4.69. The van der Waals surface area contributed by atoms with Crippen LogP contribution in [0.5, 0.6) is 0 Å². The average Bonchev–Trinajstić information content (AvgIpc) is 3.24. The molecular formula is C17H25N5O2. The first-order valence-electron chi connectivity index (χ1n) is 8.88. The third-order valence-electron chi connectivity index (χ3n) is 5.47. The van der Waals surface area contributed by atoms with Crippen molar-refractivity contribution in [3.8, 4) is 0 Å². The van der Waals surface area contributed by atoms with E-state index in [1.165, 1.54) is 0 Å². The molecule has 24 heavy (non-hydrogen) atoms. The van der Waals surface area contributed by atoms with Gasteiger partial charge in [-0.3, -0.25) is 14.5 Å². The zero-order chi connectivity index (χ0) is 16.7. The third-order valence-corrected chi connectivity index (χ3v) is 5.47. The molecule has 1 aromatic heterocycles. The number of likely N-dealkylation sites (tertiary alicyclic amines) is 1. The smallest absolute Gasteiger partial charge is 0.228 e. The highest BCUT2D eigenvalue weighted by Crippen LogP contribution is 2.33. The van der Waals surface area contributed by atoms with Crippen molar-refractivity contribution in [3.05, 3.63) is 18.2 Å². The minimum absolute atomic E-state index is 0.126. The second-order valence-corrected chi connectivity index (χ2v) is 7.23. The van der Waals surface area contributed by atoms with Crippen LogP contribution in [0.25, 0.3) is 0 Å². The summed E-state index contributed by atoms with van der Waals surface area (Å²) in [5.74, 6) is 1.27. The molecule has 3 heterocycles. The largest absolute Gasteiger partial charge is 0.340 e. The van der Waals surface area contributed by atoms with E-state index in [4.69, 9.17) is 0 Å². The second kappa shape index (κ2) is 6.20. The Kier molecular flexibility index (Phi) is 4.04. The van der Waals surface area contributed by atoms with Gasteiger partial charge in [0.15, 0.2) is 0 Å². The van der Waals surface area contributed by atoms with Gasteiger partial charge in [-0.25, -0.2) is 4.98 Å². The topological polar surface area (TPSA) is 61.7 Å². The maximum Gasteiger partial charge on any atom is 0.228 e. The molecule has 1 aliphatic carbocycles. The Morgan fingerprint density at radius 3 is 2.62 bits per heavy atom. The summed E-state index contributed by atoms with van der Waals surface area (Å²) >= 11 is 0. The zero-order valence-corrected chi connectivity index (χ0v) is 14.2. The third kappa shape index (κ3) is 3.05. The van der Waals surface area contributed by atoms with Gasteiger partial charge in [0.2, 0.25) is 11.8 Å². The Hall–Kier alpha value is -1.89. The number of rotatable bonds is 4. The van der Waals surface area contributed by atoms with E-state index in [-0.39, 0.29) is 17.7 Å². The molecule has 1 saturated carbocycles. The summed E-state index contributed by atoms with van der Waals surface area (Å²) in [5, 5.41) is 0. The van der Waals surface area contributed by atoms with Crippen LogP contribution >= 0.6 is 0 Å². The van der Waals surface area contributed by atoms with Crippen LogP contribution in [0.4, 0.5) is 0 Å². The number of imidazole rings is 1. The lowest BCUT2D eigenvalue weighted by atomic mass is 10.1. The molecule has 0 aromatic carbocycles. The van der Waals surface area contributed by atoms with Crippen LogP contribution < -0.4 is 0 Å². The molecule has 3 aliphatic rings. The van der Waals surface area contributed by atoms with Gasteiger partial charge in [-0.1, -0.05) is 0 Å². The average molecular weight is 331 g/mol. The van der Waals surface area contributed by atoms with E-state index in [0.29, 0.717) is 19.0 Å². The van der Waals surface area contributed by atoms with Crippen LogP contribution in [0.15, 0.2) is 12.4 Å². The molecule has 1 atom stereocenters. The molecule has 0 bridgehead atoms. The van der Waals surface area contributed by atoms with Gasteiger partial charge in [-0.15, -0.1) is 0 Å².